The van der Waals surface area contributed by atoms with Gasteiger partial charge in [0.05, 0.1) is 18.0 Å². The summed E-state index contributed by atoms with van der Waals surface area (Å²) >= 11 is 0. The number of likely N-dealkylation sites (N-methyl/N-ethyl adjacent to an activating group) is 1. The highest BCUT2D eigenvalue weighted by Gasteiger charge is 2.14. The van der Waals surface area contributed by atoms with Crippen LogP contribution in [0.1, 0.15) is 24.1 Å². The van der Waals surface area contributed by atoms with Gasteiger partial charge >= 0.3 is 0 Å². The van der Waals surface area contributed by atoms with E-state index in [0.717, 1.165) is 18.5 Å². The number of pyridine rings is 1. The topological polar surface area (TPSA) is 38.1 Å². The highest BCUT2D eigenvalue weighted by Crippen LogP contribution is 2.25. The van der Waals surface area contributed by atoms with Crippen LogP contribution in [-0.4, -0.2) is 11.5 Å². The minimum absolute atomic E-state index is 0.269. The molecule has 0 aliphatic heterocycles. The molecule has 3 heteroatoms. The molecule has 0 bridgehead atoms. The number of furan rings is 1. The minimum Gasteiger partial charge on any atom is -0.472 e. The van der Waals surface area contributed by atoms with E-state index in [1.807, 2.05) is 24.6 Å². The van der Waals surface area contributed by atoms with E-state index in [-0.39, 0.29) is 6.04 Å². The van der Waals surface area contributed by atoms with Crippen LogP contribution in [0.3, 0.4) is 0 Å². The molecule has 1 atom stereocenters. The van der Waals surface area contributed by atoms with Gasteiger partial charge in [0.1, 0.15) is 0 Å². The molecule has 20 heavy (non-hydrogen) atoms. The van der Waals surface area contributed by atoms with E-state index in [1.54, 1.807) is 6.26 Å². The predicted molar refractivity (Wildman–Crippen MR) is 80.6 cm³/mol. The molecule has 2 aromatic heterocycles. The lowest BCUT2D eigenvalue weighted by Gasteiger charge is -2.19. The molecule has 0 amide bonds. The average Bonchev–Trinajstić information content (AvgIpc) is 2.99. The van der Waals surface area contributed by atoms with Gasteiger partial charge in [-0.05, 0) is 42.3 Å². The molecule has 3 rings (SSSR count). The Hall–Kier alpha value is -2.13. The summed E-state index contributed by atoms with van der Waals surface area (Å²) in [6, 6.07) is 12.7. The van der Waals surface area contributed by atoms with Crippen molar-refractivity contribution in [3.8, 4) is 0 Å². The quantitative estimate of drug-likeness (QED) is 0.764. The van der Waals surface area contributed by atoms with Crippen LogP contribution >= 0.6 is 0 Å². The number of nitrogens with one attached hydrogen (secondary N) is 1. The lowest BCUT2D eigenvalue weighted by Crippen LogP contribution is -2.23. The van der Waals surface area contributed by atoms with E-state index in [4.69, 9.17) is 4.42 Å². The van der Waals surface area contributed by atoms with E-state index in [1.165, 1.54) is 16.5 Å². The summed E-state index contributed by atoms with van der Waals surface area (Å²) in [5.41, 5.74) is 3.54. The summed E-state index contributed by atoms with van der Waals surface area (Å²) in [5.74, 6) is 0. The molecule has 3 nitrogen and oxygen atoms in total. The number of fused-ring (bicyclic) bond motifs is 1. The molecular formula is C17H18N2O. The monoisotopic (exact) mass is 266 g/mol. The molecule has 0 fully saturated rings. The minimum atomic E-state index is 0.269. The van der Waals surface area contributed by atoms with Crippen molar-refractivity contribution in [3.05, 3.63) is 66.2 Å². The largest absolute Gasteiger partial charge is 0.472 e. The van der Waals surface area contributed by atoms with E-state index in [9.17, 15) is 0 Å². The Morgan fingerprint density at radius 3 is 2.95 bits per heavy atom. The maximum absolute atomic E-state index is 5.18. The molecule has 1 unspecified atom stereocenters. The first-order chi connectivity index (χ1) is 9.88. The lowest BCUT2D eigenvalue weighted by atomic mass is 9.96. The maximum atomic E-state index is 5.18. The number of hydrogen-bond donors (Lipinski definition) is 1. The first kappa shape index (κ1) is 12.9. The maximum Gasteiger partial charge on any atom is 0.0935 e. The average molecular weight is 266 g/mol. The number of aromatic nitrogens is 1. The Morgan fingerprint density at radius 2 is 2.15 bits per heavy atom. The molecule has 102 valence electrons. The first-order valence-electron chi connectivity index (χ1n) is 6.96. The summed E-state index contributed by atoms with van der Waals surface area (Å²) in [4.78, 5) is 4.44. The standard InChI is InChI=1S/C17H18N2O/c1-2-18-17(11-13-8-10-20-12-13)15-5-3-7-16-14(15)6-4-9-19-16/h3-10,12,17-18H,2,11H2,1H3. The molecule has 2 heterocycles. The van der Waals surface area contributed by atoms with E-state index in [2.05, 4.69) is 41.5 Å². The van der Waals surface area contributed by atoms with Crippen LogP contribution in [0.4, 0.5) is 0 Å². The summed E-state index contributed by atoms with van der Waals surface area (Å²) in [6.45, 7) is 3.06. The molecule has 0 saturated carbocycles. The van der Waals surface area contributed by atoms with Gasteiger partial charge < -0.3 is 9.73 Å². The second-order valence-electron chi connectivity index (χ2n) is 4.86. The van der Waals surface area contributed by atoms with Crippen LogP contribution in [0, 0.1) is 0 Å². The Balaban J connectivity index is 2.00. The lowest BCUT2D eigenvalue weighted by molar-refractivity contribution is 0.537. The van der Waals surface area contributed by atoms with Gasteiger partial charge in [-0.25, -0.2) is 0 Å². The van der Waals surface area contributed by atoms with Crippen LogP contribution < -0.4 is 5.32 Å². The van der Waals surface area contributed by atoms with Crippen molar-refractivity contribution >= 4 is 10.9 Å². The van der Waals surface area contributed by atoms with Gasteiger partial charge in [0.15, 0.2) is 0 Å². The third-order valence-corrected chi connectivity index (χ3v) is 3.53. The van der Waals surface area contributed by atoms with Crippen molar-refractivity contribution in [1.82, 2.24) is 10.3 Å². The summed E-state index contributed by atoms with van der Waals surface area (Å²) in [7, 11) is 0. The molecule has 0 saturated heterocycles. The molecule has 0 aliphatic carbocycles. The molecular weight excluding hydrogens is 248 g/mol. The zero-order chi connectivity index (χ0) is 13.8. The highest BCUT2D eigenvalue weighted by atomic mass is 16.3. The Kier molecular flexibility index (Phi) is 3.79. The molecule has 1 aromatic carbocycles. The molecule has 0 spiro atoms. The second kappa shape index (κ2) is 5.88. The van der Waals surface area contributed by atoms with Crippen LogP contribution in [0.5, 0.6) is 0 Å². The van der Waals surface area contributed by atoms with Crippen molar-refractivity contribution in [2.75, 3.05) is 6.54 Å². The van der Waals surface area contributed by atoms with Crippen molar-refractivity contribution < 1.29 is 4.42 Å². The van der Waals surface area contributed by atoms with E-state index >= 15 is 0 Å². The van der Waals surface area contributed by atoms with Crippen LogP contribution in [0.15, 0.2) is 59.5 Å². The SMILES string of the molecule is CCNC(Cc1ccoc1)c1cccc2ncccc12. The fraction of sp³-hybridized carbons (Fsp3) is 0.235. The van der Waals surface area contributed by atoms with Gasteiger partial charge in [0.25, 0.3) is 0 Å². The third-order valence-electron chi connectivity index (χ3n) is 3.53. The number of benzene rings is 1. The number of hydrogen-bond acceptors (Lipinski definition) is 3. The van der Waals surface area contributed by atoms with Crippen molar-refractivity contribution in [2.24, 2.45) is 0 Å². The van der Waals surface area contributed by atoms with Crippen LogP contribution in [0.2, 0.25) is 0 Å². The van der Waals surface area contributed by atoms with Crippen molar-refractivity contribution in [3.63, 3.8) is 0 Å². The zero-order valence-corrected chi connectivity index (χ0v) is 11.5. The second-order valence-corrected chi connectivity index (χ2v) is 4.86. The number of nitrogens with zero attached hydrogens (tertiary/aromatic N) is 1. The summed E-state index contributed by atoms with van der Waals surface area (Å²) < 4.78 is 5.18. The third kappa shape index (κ3) is 2.58. The Labute approximate surface area is 118 Å². The van der Waals surface area contributed by atoms with Gasteiger partial charge in [-0.3, -0.25) is 4.98 Å². The van der Waals surface area contributed by atoms with Crippen LogP contribution in [-0.2, 0) is 6.42 Å². The highest BCUT2D eigenvalue weighted by molar-refractivity contribution is 5.82. The Bertz CT molecular complexity index is 671. The van der Waals surface area contributed by atoms with E-state index < -0.39 is 0 Å². The van der Waals surface area contributed by atoms with E-state index in [0.29, 0.717) is 0 Å². The molecule has 1 N–H and O–H groups in total. The smallest absolute Gasteiger partial charge is 0.0935 e. The normalized spacial score (nSPS) is 12.7. The zero-order valence-electron chi connectivity index (χ0n) is 11.5. The molecule has 0 radical (unpaired) electrons. The Morgan fingerprint density at radius 1 is 1.20 bits per heavy atom. The van der Waals surface area contributed by atoms with Gasteiger partial charge in [0.2, 0.25) is 0 Å². The first-order valence-corrected chi connectivity index (χ1v) is 6.96. The fourth-order valence-electron chi connectivity index (χ4n) is 2.61. The molecule has 3 aromatic rings. The van der Waals surface area contributed by atoms with Crippen LogP contribution in [0.25, 0.3) is 10.9 Å². The fourth-order valence-corrected chi connectivity index (χ4v) is 2.61. The van der Waals surface area contributed by atoms with Gasteiger partial charge in [0, 0.05) is 17.6 Å². The summed E-state index contributed by atoms with van der Waals surface area (Å²) in [6.07, 6.45) is 6.29. The van der Waals surface area contributed by atoms with Gasteiger partial charge in [-0.1, -0.05) is 25.1 Å². The van der Waals surface area contributed by atoms with Crippen molar-refractivity contribution in [1.29, 1.82) is 0 Å². The van der Waals surface area contributed by atoms with Gasteiger partial charge in [-0.2, -0.15) is 0 Å². The van der Waals surface area contributed by atoms with Gasteiger partial charge in [-0.15, -0.1) is 0 Å². The van der Waals surface area contributed by atoms with Crippen molar-refractivity contribution in [2.45, 2.75) is 19.4 Å². The number of rotatable bonds is 5. The molecule has 0 aliphatic rings. The summed E-state index contributed by atoms with van der Waals surface area (Å²) in [5, 5.41) is 4.77. The predicted octanol–water partition coefficient (Wildman–Crippen LogP) is 3.72.